The lowest BCUT2D eigenvalue weighted by Gasteiger charge is -2.26. The van der Waals surface area contributed by atoms with E-state index in [1.165, 1.54) is 16.2 Å². The van der Waals surface area contributed by atoms with Crippen molar-refractivity contribution in [1.82, 2.24) is 5.32 Å². The molecule has 11 aromatic rings. The molecule has 1 unspecified atom stereocenters. The molecule has 1 atom stereocenters. The summed E-state index contributed by atoms with van der Waals surface area (Å²) < 4.78 is 12.9. The summed E-state index contributed by atoms with van der Waals surface area (Å²) in [4.78, 5) is 10.8. The van der Waals surface area contributed by atoms with Crippen molar-refractivity contribution < 1.29 is 8.83 Å². The van der Waals surface area contributed by atoms with E-state index in [2.05, 4.69) is 151 Å². The first-order valence-corrected chi connectivity index (χ1v) is 18.9. The zero-order valence-electron chi connectivity index (χ0n) is 30.0. The molecule has 0 bridgehead atoms. The van der Waals surface area contributed by atoms with Crippen molar-refractivity contribution in [2.24, 2.45) is 9.98 Å². The van der Waals surface area contributed by atoms with Gasteiger partial charge in [0.05, 0.1) is 5.56 Å². The van der Waals surface area contributed by atoms with Crippen molar-refractivity contribution in [3.63, 3.8) is 0 Å². The van der Waals surface area contributed by atoms with Crippen LogP contribution in [0.25, 0.3) is 87.3 Å². The molecule has 0 saturated carbocycles. The summed E-state index contributed by atoms with van der Waals surface area (Å²) in [7, 11) is 0. The molecule has 5 nitrogen and oxygen atoms in total. The molecule has 9 aromatic carbocycles. The minimum atomic E-state index is -0.434. The lowest BCUT2D eigenvalue weighted by molar-refractivity contribution is 0.664. The van der Waals surface area contributed by atoms with Crippen LogP contribution in [0.4, 0.5) is 0 Å². The van der Waals surface area contributed by atoms with Gasteiger partial charge in [0, 0.05) is 32.7 Å². The Balaban J connectivity index is 1.09. The second kappa shape index (κ2) is 12.0. The van der Waals surface area contributed by atoms with Crippen LogP contribution >= 0.6 is 0 Å². The normalized spacial score (nSPS) is 14.6. The lowest BCUT2D eigenvalue weighted by atomic mass is 9.92. The van der Waals surface area contributed by atoms with E-state index in [4.69, 9.17) is 18.8 Å². The summed E-state index contributed by atoms with van der Waals surface area (Å²) in [6.07, 6.45) is -0.434. The van der Waals surface area contributed by atoms with Crippen LogP contribution in [0.15, 0.2) is 195 Å². The number of rotatable bonds is 4. The molecular formula is C51H31N3O2. The smallest absolute Gasteiger partial charge is 0.163 e. The average Bonchev–Trinajstić information content (AvgIpc) is 3.84. The van der Waals surface area contributed by atoms with Crippen molar-refractivity contribution in [1.29, 1.82) is 0 Å². The maximum absolute atomic E-state index is 6.56. The highest BCUT2D eigenvalue weighted by Crippen LogP contribution is 2.41. The zero-order chi connectivity index (χ0) is 36.7. The molecule has 0 aliphatic carbocycles. The van der Waals surface area contributed by atoms with E-state index in [1.807, 2.05) is 30.3 Å². The Morgan fingerprint density at radius 3 is 1.82 bits per heavy atom. The third kappa shape index (κ3) is 4.61. The predicted molar refractivity (Wildman–Crippen MR) is 231 cm³/mol. The standard InChI is InChI=1S/C51H31N3O2/c1-2-14-31-30(13-1)29-43(36-16-4-3-15-32(31)36)51-53-49(52-50(54-51)42-25-11-23-39-37-17-5-7-26-44(37)56-48(39)42)40-24-10-19-33-34(20-9-21-35(33)40)38-22-12-28-46-47(38)41-18-6-8-27-45(41)55-46/h1-29,51H,(H,52,53,54). The van der Waals surface area contributed by atoms with Gasteiger partial charge in [0.1, 0.15) is 34.3 Å². The quantitative estimate of drug-likeness (QED) is 0.184. The van der Waals surface area contributed by atoms with E-state index in [1.54, 1.807) is 0 Å². The van der Waals surface area contributed by atoms with Gasteiger partial charge in [0.2, 0.25) is 0 Å². The fourth-order valence-corrected chi connectivity index (χ4v) is 8.85. The Kier molecular flexibility index (Phi) is 6.63. The molecule has 0 fully saturated rings. The minimum absolute atomic E-state index is 0.434. The third-order valence-electron chi connectivity index (χ3n) is 11.4. The van der Waals surface area contributed by atoms with Gasteiger partial charge < -0.3 is 14.2 Å². The molecule has 0 spiro atoms. The van der Waals surface area contributed by atoms with Gasteiger partial charge in [-0.25, -0.2) is 9.98 Å². The Hall–Kier alpha value is -7.50. The van der Waals surface area contributed by atoms with Gasteiger partial charge in [-0.3, -0.25) is 0 Å². The van der Waals surface area contributed by atoms with Gasteiger partial charge >= 0.3 is 0 Å². The monoisotopic (exact) mass is 717 g/mol. The molecule has 5 heteroatoms. The summed E-state index contributed by atoms with van der Waals surface area (Å²) in [5.74, 6) is 1.37. The molecule has 0 radical (unpaired) electrons. The Morgan fingerprint density at radius 1 is 0.411 bits per heavy atom. The number of amidine groups is 2. The number of nitrogens with zero attached hydrogens (tertiary/aromatic N) is 2. The molecule has 3 heterocycles. The second-order valence-electron chi connectivity index (χ2n) is 14.5. The fraction of sp³-hybridized carbons (Fsp3) is 0.0196. The van der Waals surface area contributed by atoms with Crippen LogP contribution in [-0.2, 0) is 0 Å². The molecule has 1 N–H and O–H groups in total. The highest BCUT2D eigenvalue weighted by Gasteiger charge is 2.26. The molecule has 1 aliphatic rings. The number of hydrogen-bond acceptors (Lipinski definition) is 5. The number of benzene rings is 9. The maximum Gasteiger partial charge on any atom is 0.163 e. The molecule has 262 valence electrons. The van der Waals surface area contributed by atoms with Gasteiger partial charge in [-0.2, -0.15) is 0 Å². The molecule has 0 saturated heterocycles. The van der Waals surface area contributed by atoms with Crippen molar-refractivity contribution in [3.05, 3.63) is 193 Å². The third-order valence-corrected chi connectivity index (χ3v) is 11.4. The predicted octanol–water partition coefficient (Wildman–Crippen LogP) is 13.1. The maximum atomic E-state index is 6.56. The van der Waals surface area contributed by atoms with E-state index >= 15 is 0 Å². The molecule has 1 aliphatic heterocycles. The lowest BCUT2D eigenvalue weighted by Crippen LogP contribution is -2.34. The van der Waals surface area contributed by atoms with Crippen LogP contribution in [0, 0.1) is 0 Å². The molecule has 2 aromatic heterocycles. The van der Waals surface area contributed by atoms with Gasteiger partial charge in [0.15, 0.2) is 5.84 Å². The Labute approximate surface area is 320 Å². The van der Waals surface area contributed by atoms with Gasteiger partial charge in [-0.05, 0) is 73.8 Å². The van der Waals surface area contributed by atoms with E-state index in [0.717, 1.165) is 93.7 Å². The molecule has 12 rings (SSSR count). The Bertz CT molecular complexity index is 3480. The van der Waals surface area contributed by atoms with E-state index in [9.17, 15) is 0 Å². The van der Waals surface area contributed by atoms with Gasteiger partial charge in [0.25, 0.3) is 0 Å². The van der Waals surface area contributed by atoms with Crippen LogP contribution in [0.3, 0.4) is 0 Å². The Morgan fingerprint density at radius 2 is 0.982 bits per heavy atom. The fourth-order valence-electron chi connectivity index (χ4n) is 8.85. The molecule has 56 heavy (non-hydrogen) atoms. The van der Waals surface area contributed by atoms with Crippen LogP contribution in [-0.4, -0.2) is 11.7 Å². The summed E-state index contributed by atoms with van der Waals surface area (Å²) in [5.41, 5.74) is 8.58. The van der Waals surface area contributed by atoms with Crippen molar-refractivity contribution in [2.45, 2.75) is 6.17 Å². The van der Waals surface area contributed by atoms with Crippen molar-refractivity contribution >= 4 is 87.9 Å². The van der Waals surface area contributed by atoms with E-state index in [-0.39, 0.29) is 0 Å². The highest BCUT2D eigenvalue weighted by molar-refractivity contribution is 6.23. The zero-order valence-corrected chi connectivity index (χ0v) is 30.0. The summed E-state index contributed by atoms with van der Waals surface area (Å²) in [6, 6.07) is 61.5. The summed E-state index contributed by atoms with van der Waals surface area (Å²) >= 11 is 0. The number of nitrogens with one attached hydrogen (secondary N) is 1. The highest BCUT2D eigenvalue weighted by atomic mass is 16.3. The molecule has 0 amide bonds. The SMILES string of the molecule is c1ccc2c(c1)cc(C1N=C(c3cccc4c3oc3ccccc34)N=C(c3cccc4c(-c5cccc6oc7ccccc7c56)cccc34)N1)c1ccccc12. The largest absolute Gasteiger partial charge is 0.456 e. The van der Waals surface area contributed by atoms with E-state index in [0.29, 0.717) is 5.84 Å². The van der Waals surface area contributed by atoms with Crippen LogP contribution in [0.1, 0.15) is 22.9 Å². The number of aliphatic imine (C=N–C) groups is 2. The van der Waals surface area contributed by atoms with Crippen LogP contribution in [0.2, 0.25) is 0 Å². The number of furan rings is 2. The van der Waals surface area contributed by atoms with E-state index < -0.39 is 6.17 Å². The summed E-state index contributed by atoms with van der Waals surface area (Å²) in [6.45, 7) is 0. The van der Waals surface area contributed by atoms with Crippen molar-refractivity contribution in [2.75, 3.05) is 0 Å². The topological polar surface area (TPSA) is 63.0 Å². The number of hydrogen-bond donors (Lipinski definition) is 1. The minimum Gasteiger partial charge on any atom is -0.456 e. The number of para-hydroxylation sites is 3. The number of fused-ring (bicyclic) bond motifs is 10. The van der Waals surface area contributed by atoms with Crippen molar-refractivity contribution in [3.8, 4) is 11.1 Å². The first-order valence-electron chi connectivity index (χ1n) is 18.9. The first kappa shape index (κ1) is 30.9. The van der Waals surface area contributed by atoms with Crippen LogP contribution in [0.5, 0.6) is 0 Å². The molecular weight excluding hydrogens is 687 g/mol. The van der Waals surface area contributed by atoms with Gasteiger partial charge in [-0.15, -0.1) is 0 Å². The average molecular weight is 718 g/mol. The second-order valence-corrected chi connectivity index (χ2v) is 14.5. The first-order chi connectivity index (χ1) is 27.8. The summed E-state index contributed by atoms with van der Waals surface area (Å²) in [5, 5.41) is 15.1. The van der Waals surface area contributed by atoms with Crippen LogP contribution < -0.4 is 5.32 Å². The van der Waals surface area contributed by atoms with Gasteiger partial charge in [-0.1, -0.05) is 146 Å².